The molecule has 1 aromatic carbocycles. The van der Waals surface area contributed by atoms with E-state index in [1.54, 1.807) is 26.4 Å². The number of ether oxygens (including phenoxy) is 2. The second kappa shape index (κ2) is 6.24. The number of benzene rings is 1. The Hall–Kier alpha value is -1.91. The summed E-state index contributed by atoms with van der Waals surface area (Å²) in [5, 5.41) is 0. The molecule has 116 valence electrons. The summed E-state index contributed by atoms with van der Waals surface area (Å²) in [5.74, 6) is 1.02. The van der Waals surface area contributed by atoms with Crippen molar-refractivity contribution in [3.05, 3.63) is 17.7 Å². The van der Waals surface area contributed by atoms with Gasteiger partial charge in [-0.3, -0.25) is 4.79 Å². The number of piperidine rings is 1. The lowest BCUT2D eigenvalue weighted by atomic mass is 9.96. The van der Waals surface area contributed by atoms with Crippen molar-refractivity contribution in [2.45, 2.75) is 45.2 Å². The van der Waals surface area contributed by atoms with E-state index in [-0.39, 0.29) is 18.0 Å². The summed E-state index contributed by atoms with van der Waals surface area (Å²) in [6, 6.07) is 3.78. The van der Waals surface area contributed by atoms with Crippen LogP contribution < -0.4 is 15.2 Å². The lowest BCUT2D eigenvalue weighted by Crippen LogP contribution is -2.47. The Kier molecular flexibility index (Phi) is 4.60. The molecule has 0 aliphatic carbocycles. The standard InChI is InChI=1S/C16H24N2O3/c1-10-6-5-7-11(2)18(10)16(19)12-8-14(20-3)15(21-4)9-13(12)17/h8-11H,5-7,17H2,1-4H3/t10-,11-/m0/s1. The van der Waals surface area contributed by atoms with Crippen LogP contribution in [0.4, 0.5) is 5.69 Å². The average molecular weight is 292 g/mol. The van der Waals surface area contributed by atoms with Gasteiger partial charge in [-0.05, 0) is 39.2 Å². The molecule has 1 aromatic rings. The number of likely N-dealkylation sites (tertiary alicyclic amines) is 1. The molecule has 1 fully saturated rings. The molecule has 1 aliphatic heterocycles. The molecule has 0 saturated carbocycles. The zero-order valence-corrected chi connectivity index (χ0v) is 13.2. The topological polar surface area (TPSA) is 64.8 Å². The van der Waals surface area contributed by atoms with Gasteiger partial charge in [0, 0.05) is 23.8 Å². The number of methoxy groups -OCH3 is 2. The van der Waals surface area contributed by atoms with E-state index in [1.165, 1.54) is 0 Å². The van der Waals surface area contributed by atoms with E-state index in [4.69, 9.17) is 15.2 Å². The highest BCUT2D eigenvalue weighted by atomic mass is 16.5. The third-order valence-corrected chi connectivity index (χ3v) is 4.21. The normalized spacial score (nSPS) is 22.0. The molecule has 2 N–H and O–H groups in total. The molecule has 5 heteroatoms. The highest BCUT2D eigenvalue weighted by molar-refractivity contribution is 6.00. The number of rotatable bonds is 3. The lowest BCUT2D eigenvalue weighted by Gasteiger charge is -2.39. The van der Waals surface area contributed by atoms with E-state index < -0.39 is 0 Å². The minimum Gasteiger partial charge on any atom is -0.493 e. The van der Waals surface area contributed by atoms with Crippen molar-refractivity contribution in [1.29, 1.82) is 0 Å². The van der Waals surface area contributed by atoms with Crippen LogP contribution in [0.3, 0.4) is 0 Å². The highest BCUT2D eigenvalue weighted by Gasteiger charge is 2.31. The third kappa shape index (κ3) is 2.91. The van der Waals surface area contributed by atoms with Crippen molar-refractivity contribution >= 4 is 11.6 Å². The van der Waals surface area contributed by atoms with Gasteiger partial charge < -0.3 is 20.1 Å². The maximum Gasteiger partial charge on any atom is 0.256 e. The van der Waals surface area contributed by atoms with Crippen LogP contribution in [0.2, 0.25) is 0 Å². The van der Waals surface area contributed by atoms with Crippen LogP contribution in [0, 0.1) is 0 Å². The molecule has 1 saturated heterocycles. The summed E-state index contributed by atoms with van der Waals surface area (Å²) in [6.45, 7) is 4.18. The van der Waals surface area contributed by atoms with Gasteiger partial charge in [0.25, 0.3) is 5.91 Å². The Morgan fingerprint density at radius 1 is 1.14 bits per heavy atom. The monoisotopic (exact) mass is 292 g/mol. The first-order valence-corrected chi connectivity index (χ1v) is 7.33. The number of anilines is 1. The van der Waals surface area contributed by atoms with Crippen molar-refractivity contribution in [2.75, 3.05) is 20.0 Å². The molecular formula is C16H24N2O3. The van der Waals surface area contributed by atoms with E-state index in [1.807, 2.05) is 4.90 Å². The van der Waals surface area contributed by atoms with Crippen LogP contribution >= 0.6 is 0 Å². The first kappa shape index (κ1) is 15.5. The Labute approximate surface area is 126 Å². The molecule has 1 amide bonds. The maximum absolute atomic E-state index is 12.9. The van der Waals surface area contributed by atoms with Gasteiger partial charge in [0.1, 0.15) is 0 Å². The summed E-state index contributed by atoms with van der Waals surface area (Å²) in [5.41, 5.74) is 6.93. The molecule has 1 heterocycles. The fraction of sp³-hybridized carbons (Fsp3) is 0.562. The number of amides is 1. The zero-order valence-electron chi connectivity index (χ0n) is 13.2. The number of carbonyl (C=O) groups is 1. The van der Waals surface area contributed by atoms with E-state index in [2.05, 4.69) is 13.8 Å². The quantitative estimate of drug-likeness (QED) is 0.870. The molecule has 0 aromatic heterocycles. The smallest absolute Gasteiger partial charge is 0.256 e. The van der Waals surface area contributed by atoms with E-state index in [0.717, 1.165) is 19.3 Å². The fourth-order valence-corrected chi connectivity index (χ4v) is 3.04. The van der Waals surface area contributed by atoms with Crippen LogP contribution in [0.25, 0.3) is 0 Å². The number of nitrogen functional groups attached to an aromatic ring is 1. The molecule has 0 radical (unpaired) electrons. The van der Waals surface area contributed by atoms with Gasteiger partial charge in [0.2, 0.25) is 0 Å². The largest absolute Gasteiger partial charge is 0.493 e. The second-order valence-electron chi connectivity index (χ2n) is 5.64. The van der Waals surface area contributed by atoms with E-state index >= 15 is 0 Å². The summed E-state index contributed by atoms with van der Waals surface area (Å²) >= 11 is 0. The molecule has 2 rings (SSSR count). The first-order valence-electron chi connectivity index (χ1n) is 7.33. The number of hydrogen-bond donors (Lipinski definition) is 1. The van der Waals surface area contributed by atoms with Crippen molar-refractivity contribution in [1.82, 2.24) is 4.90 Å². The third-order valence-electron chi connectivity index (χ3n) is 4.21. The Balaban J connectivity index is 2.38. The fourth-order valence-electron chi connectivity index (χ4n) is 3.04. The zero-order chi connectivity index (χ0) is 15.6. The van der Waals surface area contributed by atoms with Crippen molar-refractivity contribution < 1.29 is 14.3 Å². The highest BCUT2D eigenvalue weighted by Crippen LogP contribution is 2.34. The van der Waals surface area contributed by atoms with Crippen molar-refractivity contribution in [3.63, 3.8) is 0 Å². The predicted octanol–water partition coefficient (Wildman–Crippen LogP) is 2.69. The minimum atomic E-state index is -0.0341. The van der Waals surface area contributed by atoms with Gasteiger partial charge in [0.05, 0.1) is 19.8 Å². The molecular weight excluding hydrogens is 268 g/mol. The molecule has 2 atom stereocenters. The molecule has 21 heavy (non-hydrogen) atoms. The summed E-state index contributed by atoms with van der Waals surface area (Å²) in [4.78, 5) is 14.8. The summed E-state index contributed by atoms with van der Waals surface area (Å²) in [7, 11) is 3.10. The van der Waals surface area contributed by atoms with Gasteiger partial charge in [0.15, 0.2) is 11.5 Å². The molecule has 5 nitrogen and oxygen atoms in total. The van der Waals surface area contributed by atoms with Gasteiger partial charge in [-0.2, -0.15) is 0 Å². The Morgan fingerprint density at radius 3 is 2.19 bits per heavy atom. The van der Waals surface area contributed by atoms with Crippen LogP contribution in [-0.2, 0) is 0 Å². The van der Waals surface area contributed by atoms with Crippen LogP contribution in [-0.4, -0.2) is 37.1 Å². The van der Waals surface area contributed by atoms with Gasteiger partial charge in [-0.1, -0.05) is 0 Å². The van der Waals surface area contributed by atoms with Gasteiger partial charge >= 0.3 is 0 Å². The van der Waals surface area contributed by atoms with E-state index in [0.29, 0.717) is 22.7 Å². The van der Waals surface area contributed by atoms with Crippen LogP contribution in [0.15, 0.2) is 12.1 Å². The predicted molar refractivity (Wildman–Crippen MR) is 82.9 cm³/mol. The summed E-state index contributed by atoms with van der Waals surface area (Å²) < 4.78 is 10.5. The van der Waals surface area contributed by atoms with Gasteiger partial charge in [-0.15, -0.1) is 0 Å². The number of hydrogen-bond acceptors (Lipinski definition) is 4. The molecule has 0 bridgehead atoms. The van der Waals surface area contributed by atoms with Crippen LogP contribution in [0.1, 0.15) is 43.5 Å². The molecule has 0 unspecified atom stereocenters. The molecule has 0 spiro atoms. The van der Waals surface area contributed by atoms with Gasteiger partial charge in [-0.25, -0.2) is 0 Å². The first-order chi connectivity index (χ1) is 9.99. The SMILES string of the molecule is COc1cc(N)c(C(=O)N2[C@@H](C)CCC[C@@H]2C)cc1OC. The summed E-state index contributed by atoms with van der Waals surface area (Å²) in [6.07, 6.45) is 3.22. The number of nitrogens with two attached hydrogens (primary N) is 1. The average Bonchev–Trinajstić information content (AvgIpc) is 2.46. The number of nitrogens with zero attached hydrogens (tertiary/aromatic N) is 1. The van der Waals surface area contributed by atoms with Crippen molar-refractivity contribution in [2.24, 2.45) is 0 Å². The molecule has 1 aliphatic rings. The second-order valence-corrected chi connectivity index (χ2v) is 5.64. The van der Waals surface area contributed by atoms with Crippen molar-refractivity contribution in [3.8, 4) is 11.5 Å². The lowest BCUT2D eigenvalue weighted by molar-refractivity contribution is 0.0511. The maximum atomic E-state index is 12.9. The Morgan fingerprint density at radius 2 is 1.67 bits per heavy atom. The Bertz CT molecular complexity index is 520. The number of carbonyl (C=O) groups excluding carboxylic acids is 1. The minimum absolute atomic E-state index is 0.0341. The van der Waals surface area contributed by atoms with Crippen LogP contribution in [0.5, 0.6) is 11.5 Å². The van der Waals surface area contributed by atoms with E-state index in [9.17, 15) is 4.79 Å².